The number of halogens is 1. The van der Waals surface area contributed by atoms with Gasteiger partial charge in [0.2, 0.25) is 0 Å². The number of guanidine groups is 1. The van der Waals surface area contributed by atoms with Crippen molar-refractivity contribution in [2.45, 2.75) is 44.7 Å². The minimum atomic E-state index is 0. The number of aliphatic imine (C=N–C) groups is 1. The zero-order valence-electron chi connectivity index (χ0n) is 12.0. The average Bonchev–Trinajstić information content (AvgIpc) is 2.93. The number of H-pyrrole nitrogens is 1. The summed E-state index contributed by atoms with van der Waals surface area (Å²) >= 11 is 0. The van der Waals surface area contributed by atoms with E-state index in [0.29, 0.717) is 18.5 Å². The van der Waals surface area contributed by atoms with Gasteiger partial charge in [0.15, 0.2) is 5.96 Å². The van der Waals surface area contributed by atoms with E-state index >= 15 is 0 Å². The van der Waals surface area contributed by atoms with Crippen molar-refractivity contribution >= 4 is 41.0 Å². The number of aromatic nitrogens is 2. The molecule has 0 unspecified atom stereocenters. The summed E-state index contributed by atoms with van der Waals surface area (Å²) in [5.74, 6) is 0.533. The van der Waals surface area contributed by atoms with E-state index in [1.807, 2.05) is 18.3 Å². The Morgan fingerprint density at radius 1 is 1.29 bits per heavy atom. The molecule has 114 valence electrons. The van der Waals surface area contributed by atoms with Gasteiger partial charge in [-0.3, -0.25) is 0 Å². The van der Waals surface area contributed by atoms with Crippen LogP contribution in [0.4, 0.5) is 0 Å². The topological polar surface area (TPSA) is 79.1 Å². The molecule has 1 aliphatic rings. The standard InChI is InChI=1S/C15H21N5.HI/c16-15(20-12-4-2-1-3-5-12)18-10-13-7-6-11-8-9-17-14(11)19-13;/h6-9,12H,1-5,10H2,(H,17,19)(H3,16,18,20);1H. The molecule has 1 aliphatic carbocycles. The fourth-order valence-electron chi connectivity index (χ4n) is 2.73. The highest BCUT2D eigenvalue weighted by molar-refractivity contribution is 14.0. The number of pyridine rings is 1. The molecule has 2 heterocycles. The number of rotatable bonds is 3. The molecule has 0 aliphatic heterocycles. The molecule has 0 saturated heterocycles. The number of aromatic amines is 1. The number of fused-ring (bicyclic) bond motifs is 1. The predicted octanol–water partition coefficient (Wildman–Crippen LogP) is 2.92. The number of nitrogens with one attached hydrogen (secondary N) is 2. The molecule has 21 heavy (non-hydrogen) atoms. The first-order valence-corrected chi connectivity index (χ1v) is 7.31. The Hall–Kier alpha value is -1.31. The summed E-state index contributed by atoms with van der Waals surface area (Å²) in [6.45, 7) is 0.514. The van der Waals surface area contributed by atoms with Gasteiger partial charge in [0.1, 0.15) is 5.65 Å². The fourth-order valence-corrected chi connectivity index (χ4v) is 2.73. The van der Waals surface area contributed by atoms with Gasteiger partial charge in [-0.2, -0.15) is 0 Å². The average molecular weight is 399 g/mol. The molecule has 1 saturated carbocycles. The summed E-state index contributed by atoms with van der Waals surface area (Å²) in [6, 6.07) is 6.54. The Morgan fingerprint density at radius 3 is 2.90 bits per heavy atom. The van der Waals surface area contributed by atoms with Gasteiger partial charge < -0.3 is 16.0 Å². The molecule has 0 amide bonds. The molecule has 5 nitrogen and oxygen atoms in total. The summed E-state index contributed by atoms with van der Waals surface area (Å²) in [5.41, 5.74) is 7.77. The lowest BCUT2D eigenvalue weighted by Gasteiger charge is -2.23. The van der Waals surface area contributed by atoms with Crippen LogP contribution in [-0.2, 0) is 6.54 Å². The summed E-state index contributed by atoms with van der Waals surface area (Å²) in [7, 11) is 0. The van der Waals surface area contributed by atoms with Crippen molar-refractivity contribution < 1.29 is 0 Å². The minimum absolute atomic E-state index is 0. The Kier molecular flexibility index (Phi) is 5.84. The van der Waals surface area contributed by atoms with E-state index in [2.05, 4.69) is 26.3 Å². The lowest BCUT2D eigenvalue weighted by Crippen LogP contribution is -2.41. The van der Waals surface area contributed by atoms with Crippen molar-refractivity contribution in [3.63, 3.8) is 0 Å². The Bertz CT molecular complexity index is 601. The molecular weight excluding hydrogens is 377 g/mol. The van der Waals surface area contributed by atoms with Crippen LogP contribution < -0.4 is 11.1 Å². The van der Waals surface area contributed by atoms with E-state index < -0.39 is 0 Å². The van der Waals surface area contributed by atoms with Gasteiger partial charge in [0.05, 0.1) is 12.2 Å². The van der Waals surface area contributed by atoms with Gasteiger partial charge in [-0.15, -0.1) is 24.0 Å². The van der Waals surface area contributed by atoms with Gasteiger partial charge in [-0.1, -0.05) is 19.3 Å². The normalized spacial score (nSPS) is 16.7. The van der Waals surface area contributed by atoms with Gasteiger partial charge >= 0.3 is 0 Å². The lowest BCUT2D eigenvalue weighted by molar-refractivity contribution is 0.412. The Morgan fingerprint density at radius 2 is 2.10 bits per heavy atom. The first kappa shape index (κ1) is 16.1. The second kappa shape index (κ2) is 7.63. The van der Waals surface area contributed by atoms with Gasteiger partial charge in [0.25, 0.3) is 0 Å². The highest BCUT2D eigenvalue weighted by atomic mass is 127. The summed E-state index contributed by atoms with van der Waals surface area (Å²) < 4.78 is 0. The second-order valence-electron chi connectivity index (χ2n) is 5.40. The molecule has 4 N–H and O–H groups in total. The first-order chi connectivity index (χ1) is 9.81. The molecule has 0 aromatic carbocycles. The zero-order valence-corrected chi connectivity index (χ0v) is 14.3. The van der Waals surface area contributed by atoms with E-state index in [4.69, 9.17) is 5.73 Å². The maximum absolute atomic E-state index is 5.95. The van der Waals surface area contributed by atoms with Crippen LogP contribution in [0.2, 0.25) is 0 Å². The second-order valence-corrected chi connectivity index (χ2v) is 5.40. The first-order valence-electron chi connectivity index (χ1n) is 7.31. The molecule has 0 radical (unpaired) electrons. The molecular formula is C15H22IN5. The molecule has 3 rings (SSSR count). The van der Waals surface area contributed by atoms with E-state index in [-0.39, 0.29) is 24.0 Å². The highest BCUT2D eigenvalue weighted by Crippen LogP contribution is 2.17. The molecule has 2 aromatic rings. The summed E-state index contributed by atoms with van der Waals surface area (Å²) in [4.78, 5) is 12.0. The van der Waals surface area contributed by atoms with Crippen molar-refractivity contribution in [1.29, 1.82) is 0 Å². The smallest absolute Gasteiger partial charge is 0.189 e. The van der Waals surface area contributed by atoms with Crippen molar-refractivity contribution in [2.75, 3.05) is 0 Å². The number of nitrogens with zero attached hydrogens (tertiary/aromatic N) is 2. The van der Waals surface area contributed by atoms with Gasteiger partial charge in [0, 0.05) is 17.6 Å². The highest BCUT2D eigenvalue weighted by Gasteiger charge is 2.13. The van der Waals surface area contributed by atoms with Crippen LogP contribution in [0.15, 0.2) is 29.4 Å². The zero-order chi connectivity index (χ0) is 13.8. The maximum atomic E-state index is 5.95. The minimum Gasteiger partial charge on any atom is -0.370 e. The van der Waals surface area contributed by atoms with Crippen molar-refractivity contribution in [1.82, 2.24) is 15.3 Å². The maximum Gasteiger partial charge on any atom is 0.189 e. The van der Waals surface area contributed by atoms with Crippen molar-refractivity contribution in [2.24, 2.45) is 10.7 Å². The fraction of sp³-hybridized carbons (Fsp3) is 0.467. The van der Waals surface area contributed by atoms with Crippen molar-refractivity contribution in [3.8, 4) is 0 Å². The SMILES string of the molecule is I.NC(=NCc1ccc2cc[nH]c2n1)NC1CCCCC1. The monoisotopic (exact) mass is 399 g/mol. The van der Waals surface area contributed by atoms with Gasteiger partial charge in [-0.05, 0) is 31.0 Å². The largest absolute Gasteiger partial charge is 0.370 e. The number of hydrogen-bond donors (Lipinski definition) is 3. The summed E-state index contributed by atoms with van der Waals surface area (Å²) in [5, 5.41) is 4.43. The van der Waals surface area contributed by atoms with Crippen LogP contribution in [0.3, 0.4) is 0 Å². The van der Waals surface area contributed by atoms with Crippen molar-refractivity contribution in [3.05, 3.63) is 30.1 Å². The molecule has 0 atom stereocenters. The van der Waals surface area contributed by atoms with Crippen LogP contribution in [0, 0.1) is 0 Å². The van der Waals surface area contributed by atoms with E-state index in [1.54, 1.807) is 0 Å². The molecule has 0 bridgehead atoms. The van der Waals surface area contributed by atoms with Crippen LogP contribution in [0.1, 0.15) is 37.8 Å². The number of hydrogen-bond acceptors (Lipinski definition) is 2. The van der Waals surface area contributed by atoms with Crippen LogP contribution in [0.25, 0.3) is 11.0 Å². The van der Waals surface area contributed by atoms with Gasteiger partial charge in [-0.25, -0.2) is 9.98 Å². The quantitative estimate of drug-likeness (QED) is 0.422. The lowest BCUT2D eigenvalue weighted by atomic mass is 9.96. The molecule has 0 spiro atoms. The summed E-state index contributed by atoms with van der Waals surface area (Å²) in [6.07, 6.45) is 8.21. The van der Waals surface area contributed by atoms with E-state index in [0.717, 1.165) is 16.7 Å². The number of nitrogens with two attached hydrogens (primary N) is 1. The third-order valence-electron chi connectivity index (χ3n) is 3.84. The molecule has 1 fully saturated rings. The van der Waals surface area contributed by atoms with E-state index in [9.17, 15) is 0 Å². The van der Waals surface area contributed by atoms with Crippen LogP contribution >= 0.6 is 24.0 Å². The van der Waals surface area contributed by atoms with E-state index in [1.165, 1.54) is 32.1 Å². The Labute approximate surface area is 141 Å². The third-order valence-corrected chi connectivity index (χ3v) is 3.84. The Balaban J connectivity index is 0.00000161. The third kappa shape index (κ3) is 4.33. The van der Waals surface area contributed by atoms with Crippen LogP contribution in [0.5, 0.6) is 0 Å². The predicted molar refractivity (Wildman–Crippen MR) is 96.8 cm³/mol. The molecule has 2 aromatic heterocycles. The van der Waals surface area contributed by atoms with Crippen LogP contribution in [-0.4, -0.2) is 22.0 Å². The molecule has 6 heteroatoms.